The Hall–Kier alpha value is -1.15. The second kappa shape index (κ2) is 6.69. The first-order valence-electron chi connectivity index (χ1n) is 11.6. The van der Waals surface area contributed by atoms with Gasteiger partial charge in [0.1, 0.15) is 5.82 Å². The Morgan fingerprint density at radius 3 is 2.68 bits per heavy atom. The molecule has 0 aliphatic heterocycles. The molecule has 0 aromatic heterocycles. The first-order valence-corrected chi connectivity index (χ1v) is 11.6. The van der Waals surface area contributed by atoms with E-state index in [1.54, 1.807) is 12.1 Å². The molecule has 4 fully saturated rings. The van der Waals surface area contributed by atoms with Crippen molar-refractivity contribution >= 4 is 6.08 Å². The predicted octanol–water partition coefficient (Wildman–Crippen LogP) is 6.61. The number of aliphatic hydroxyl groups excluding tert-OH is 1. The molecule has 4 aliphatic rings. The van der Waals surface area contributed by atoms with E-state index in [4.69, 9.17) is 0 Å². The van der Waals surface area contributed by atoms with Crippen LogP contribution in [0.15, 0.2) is 29.8 Å². The summed E-state index contributed by atoms with van der Waals surface area (Å²) in [6.45, 7) is 4.94. The quantitative estimate of drug-likeness (QED) is 0.579. The van der Waals surface area contributed by atoms with Gasteiger partial charge in [-0.15, -0.1) is 0 Å². The van der Waals surface area contributed by atoms with Crippen molar-refractivity contribution in [3.63, 3.8) is 0 Å². The maximum absolute atomic E-state index is 13.6. The molecule has 0 unspecified atom stereocenters. The average Bonchev–Trinajstić information content (AvgIpc) is 2.92. The van der Waals surface area contributed by atoms with E-state index in [0.29, 0.717) is 11.3 Å². The lowest BCUT2D eigenvalue weighted by Gasteiger charge is -2.60. The Morgan fingerprint density at radius 1 is 1.00 bits per heavy atom. The molecule has 4 aliphatic carbocycles. The zero-order chi connectivity index (χ0) is 19.5. The first kappa shape index (κ1) is 18.9. The molecule has 5 rings (SSSR count). The number of benzene rings is 1. The van der Waals surface area contributed by atoms with Gasteiger partial charge in [0, 0.05) is 5.41 Å². The molecule has 0 bridgehead atoms. The van der Waals surface area contributed by atoms with E-state index in [2.05, 4.69) is 19.9 Å². The third-order valence-corrected chi connectivity index (χ3v) is 9.65. The van der Waals surface area contributed by atoms with Crippen LogP contribution in [0, 0.1) is 40.3 Å². The molecule has 0 radical (unpaired) electrons. The van der Waals surface area contributed by atoms with Gasteiger partial charge in [0.25, 0.3) is 0 Å². The van der Waals surface area contributed by atoms with Crippen LogP contribution in [0.25, 0.3) is 6.08 Å². The van der Waals surface area contributed by atoms with Crippen molar-refractivity contribution in [1.29, 1.82) is 0 Å². The molecule has 1 aromatic rings. The van der Waals surface area contributed by atoms with Crippen LogP contribution in [-0.4, -0.2) is 11.2 Å². The van der Waals surface area contributed by atoms with Gasteiger partial charge in [0.05, 0.1) is 6.10 Å². The third-order valence-electron chi connectivity index (χ3n) is 9.65. The number of hydrogen-bond acceptors (Lipinski definition) is 1. The first-order chi connectivity index (χ1) is 13.4. The van der Waals surface area contributed by atoms with Crippen LogP contribution in [0.3, 0.4) is 0 Å². The van der Waals surface area contributed by atoms with E-state index in [1.807, 2.05) is 6.07 Å². The summed E-state index contributed by atoms with van der Waals surface area (Å²) in [4.78, 5) is 0. The highest BCUT2D eigenvalue weighted by Gasteiger charge is 2.60. The van der Waals surface area contributed by atoms with Gasteiger partial charge in [-0.25, -0.2) is 4.39 Å². The Kier molecular flexibility index (Phi) is 4.50. The van der Waals surface area contributed by atoms with Crippen molar-refractivity contribution in [1.82, 2.24) is 0 Å². The van der Waals surface area contributed by atoms with Crippen molar-refractivity contribution in [2.45, 2.75) is 77.7 Å². The molecule has 152 valence electrons. The largest absolute Gasteiger partial charge is 0.388 e. The molecule has 1 aromatic carbocycles. The van der Waals surface area contributed by atoms with E-state index in [0.717, 1.165) is 41.7 Å². The summed E-state index contributed by atoms with van der Waals surface area (Å²) in [5, 5.41) is 11.3. The fraction of sp³-hybridized carbons (Fsp3) is 0.692. The number of aliphatic hydroxyl groups is 1. The molecular formula is C26H35FO. The van der Waals surface area contributed by atoms with Crippen LogP contribution in [0.2, 0.25) is 0 Å². The van der Waals surface area contributed by atoms with Crippen molar-refractivity contribution in [3.05, 3.63) is 41.2 Å². The third kappa shape index (κ3) is 2.74. The summed E-state index contributed by atoms with van der Waals surface area (Å²) >= 11 is 0. The second-order valence-electron chi connectivity index (χ2n) is 10.8. The lowest BCUT2D eigenvalue weighted by Crippen LogP contribution is -2.53. The minimum Gasteiger partial charge on any atom is -0.388 e. The van der Waals surface area contributed by atoms with Crippen LogP contribution >= 0.6 is 0 Å². The van der Waals surface area contributed by atoms with Gasteiger partial charge < -0.3 is 5.11 Å². The Labute approximate surface area is 169 Å². The van der Waals surface area contributed by atoms with E-state index in [-0.39, 0.29) is 17.3 Å². The summed E-state index contributed by atoms with van der Waals surface area (Å²) in [7, 11) is 0. The lowest BCUT2D eigenvalue weighted by molar-refractivity contribution is -0.119. The molecule has 4 saturated carbocycles. The number of halogens is 1. The minimum absolute atomic E-state index is 0.00180. The van der Waals surface area contributed by atoms with Gasteiger partial charge in [-0.3, -0.25) is 0 Å². The molecule has 0 heterocycles. The highest BCUT2D eigenvalue weighted by molar-refractivity contribution is 5.55. The smallest absolute Gasteiger partial charge is 0.123 e. The summed E-state index contributed by atoms with van der Waals surface area (Å²) in [6, 6.07) is 6.78. The van der Waals surface area contributed by atoms with Crippen molar-refractivity contribution in [2.24, 2.45) is 34.5 Å². The molecule has 1 nitrogen and oxygen atoms in total. The standard InChI is InChI=1S/C26H35FO/c1-25-12-4-3-7-19(25)9-10-21-22(25)11-13-26(2)23(21)16-18(24(26)28)14-17-6-5-8-20(27)15-17/h5-6,8,14-15,19,21-24,28H,3-4,7,9-13,16H2,1-2H3/b18-14-/t19-,21+,22-,23-,24-,25+,26+/m1/s1. The summed E-state index contributed by atoms with van der Waals surface area (Å²) in [5.41, 5.74) is 2.55. The summed E-state index contributed by atoms with van der Waals surface area (Å²) in [5.74, 6) is 2.91. The van der Waals surface area contributed by atoms with Crippen LogP contribution in [0.5, 0.6) is 0 Å². The molecule has 28 heavy (non-hydrogen) atoms. The SMILES string of the molecule is C[C@]12CCCC[C@@H]1CC[C@H]1[C@H]2CC[C@]2(C)[C@H](O)/C(=C\c3cccc(F)c3)C[C@H]12. The summed E-state index contributed by atoms with van der Waals surface area (Å²) in [6.07, 6.45) is 13.6. The predicted molar refractivity (Wildman–Crippen MR) is 112 cm³/mol. The lowest BCUT2D eigenvalue weighted by atomic mass is 9.45. The zero-order valence-electron chi connectivity index (χ0n) is 17.5. The maximum Gasteiger partial charge on any atom is 0.123 e. The molecule has 0 spiro atoms. The fourth-order valence-corrected chi connectivity index (χ4v) is 8.10. The van der Waals surface area contributed by atoms with Gasteiger partial charge in [-0.05, 0) is 97.3 Å². The molecule has 0 amide bonds. The highest BCUT2D eigenvalue weighted by Crippen LogP contribution is 2.67. The number of fused-ring (bicyclic) bond motifs is 5. The van der Waals surface area contributed by atoms with Gasteiger partial charge in [0.15, 0.2) is 0 Å². The molecular weight excluding hydrogens is 347 g/mol. The van der Waals surface area contributed by atoms with Gasteiger partial charge in [0.2, 0.25) is 0 Å². The normalized spacial score (nSPS) is 46.7. The zero-order valence-corrected chi connectivity index (χ0v) is 17.5. The molecule has 1 N–H and O–H groups in total. The highest BCUT2D eigenvalue weighted by atomic mass is 19.1. The monoisotopic (exact) mass is 382 g/mol. The number of rotatable bonds is 1. The molecule has 7 atom stereocenters. The van der Waals surface area contributed by atoms with Gasteiger partial charge in [-0.1, -0.05) is 44.9 Å². The van der Waals surface area contributed by atoms with E-state index in [1.165, 1.54) is 51.0 Å². The van der Waals surface area contributed by atoms with E-state index >= 15 is 0 Å². The van der Waals surface area contributed by atoms with Gasteiger partial charge in [-0.2, -0.15) is 0 Å². The minimum atomic E-state index is -0.376. The maximum atomic E-state index is 13.6. The van der Waals surface area contributed by atoms with Crippen molar-refractivity contribution in [3.8, 4) is 0 Å². The second-order valence-corrected chi connectivity index (χ2v) is 10.8. The van der Waals surface area contributed by atoms with Crippen molar-refractivity contribution < 1.29 is 9.50 Å². The van der Waals surface area contributed by atoms with Crippen LogP contribution in [-0.2, 0) is 0 Å². The Morgan fingerprint density at radius 2 is 1.86 bits per heavy atom. The van der Waals surface area contributed by atoms with E-state index in [9.17, 15) is 9.50 Å². The topological polar surface area (TPSA) is 20.2 Å². The van der Waals surface area contributed by atoms with Crippen LogP contribution < -0.4 is 0 Å². The van der Waals surface area contributed by atoms with Crippen molar-refractivity contribution in [2.75, 3.05) is 0 Å². The average molecular weight is 383 g/mol. The van der Waals surface area contributed by atoms with Crippen LogP contribution in [0.1, 0.15) is 77.2 Å². The summed E-state index contributed by atoms with van der Waals surface area (Å²) < 4.78 is 13.6. The van der Waals surface area contributed by atoms with E-state index < -0.39 is 0 Å². The van der Waals surface area contributed by atoms with Gasteiger partial charge >= 0.3 is 0 Å². The van der Waals surface area contributed by atoms with Crippen LogP contribution in [0.4, 0.5) is 4.39 Å². The Bertz CT molecular complexity index is 784. The molecule has 2 heteroatoms. The Balaban J connectivity index is 1.46. The number of hydrogen-bond donors (Lipinski definition) is 1. The fourth-order valence-electron chi connectivity index (χ4n) is 8.10. The molecule has 0 saturated heterocycles.